The van der Waals surface area contributed by atoms with Gasteiger partial charge in [0.1, 0.15) is 5.75 Å². The summed E-state index contributed by atoms with van der Waals surface area (Å²) in [7, 11) is 0. The maximum absolute atomic E-state index is 9.77. The minimum Gasteiger partial charge on any atom is -0.508 e. The zero-order chi connectivity index (χ0) is 12.3. The van der Waals surface area contributed by atoms with Gasteiger partial charge in [-0.2, -0.15) is 0 Å². The van der Waals surface area contributed by atoms with Crippen LogP contribution in [0.3, 0.4) is 0 Å². The van der Waals surface area contributed by atoms with Gasteiger partial charge in [0.05, 0.1) is 6.10 Å². The van der Waals surface area contributed by atoms with E-state index in [4.69, 9.17) is 0 Å². The molecule has 0 spiro atoms. The maximum Gasteiger partial charge on any atom is 0.120 e. The van der Waals surface area contributed by atoms with Crippen LogP contribution in [0, 0.1) is 0 Å². The molecule has 94 valence electrons. The first kappa shape index (κ1) is 12.4. The molecule has 1 atom stereocenters. The minimum absolute atomic E-state index is 0.117. The first-order valence-electron chi connectivity index (χ1n) is 6.39. The van der Waals surface area contributed by atoms with Crippen molar-refractivity contribution in [2.75, 3.05) is 0 Å². The predicted octanol–water partition coefficient (Wildman–Crippen LogP) is 2.35. The summed E-state index contributed by atoms with van der Waals surface area (Å²) in [5, 5.41) is 22.8. The summed E-state index contributed by atoms with van der Waals surface area (Å²) in [4.78, 5) is 0. The number of nitrogens with one attached hydrogen (secondary N) is 1. The Kier molecular flexibility index (Phi) is 4.02. The van der Waals surface area contributed by atoms with Crippen LogP contribution in [0.1, 0.15) is 44.2 Å². The van der Waals surface area contributed by atoms with Gasteiger partial charge >= 0.3 is 0 Å². The first-order valence-corrected chi connectivity index (χ1v) is 6.39. The predicted molar refractivity (Wildman–Crippen MR) is 67.9 cm³/mol. The molecule has 17 heavy (non-hydrogen) atoms. The number of aliphatic hydroxyl groups is 1. The van der Waals surface area contributed by atoms with Crippen molar-refractivity contribution in [2.45, 2.75) is 50.8 Å². The van der Waals surface area contributed by atoms with Gasteiger partial charge in [-0.3, -0.25) is 0 Å². The molecule has 1 aromatic carbocycles. The third-order valence-corrected chi connectivity index (χ3v) is 3.59. The molecule has 3 N–H and O–H groups in total. The Morgan fingerprint density at radius 1 is 1.18 bits per heavy atom. The molecule has 0 amide bonds. The van der Waals surface area contributed by atoms with Crippen molar-refractivity contribution in [1.82, 2.24) is 5.32 Å². The Morgan fingerprint density at radius 2 is 1.82 bits per heavy atom. The number of rotatable bonds is 3. The smallest absolute Gasteiger partial charge is 0.120 e. The minimum atomic E-state index is -0.117. The molecule has 3 heteroatoms. The van der Waals surface area contributed by atoms with Crippen LogP contribution in [0.15, 0.2) is 24.3 Å². The highest BCUT2D eigenvalue weighted by atomic mass is 16.3. The summed E-state index contributed by atoms with van der Waals surface area (Å²) >= 11 is 0. The third kappa shape index (κ3) is 3.20. The van der Waals surface area contributed by atoms with E-state index in [2.05, 4.69) is 12.2 Å². The van der Waals surface area contributed by atoms with E-state index in [0.717, 1.165) is 31.2 Å². The third-order valence-electron chi connectivity index (χ3n) is 3.59. The van der Waals surface area contributed by atoms with Gasteiger partial charge in [0.2, 0.25) is 0 Å². The first-order chi connectivity index (χ1) is 8.16. The lowest BCUT2D eigenvalue weighted by molar-refractivity contribution is 0.114. The SMILES string of the molecule is CC(NC1CCC(O)CC1)c1ccccc1O. The highest BCUT2D eigenvalue weighted by molar-refractivity contribution is 5.34. The fourth-order valence-electron chi connectivity index (χ4n) is 2.54. The van der Waals surface area contributed by atoms with E-state index in [0.29, 0.717) is 11.8 Å². The van der Waals surface area contributed by atoms with E-state index in [1.165, 1.54) is 0 Å². The largest absolute Gasteiger partial charge is 0.508 e. The number of phenols is 1. The van der Waals surface area contributed by atoms with Gasteiger partial charge in [-0.05, 0) is 38.7 Å². The molecule has 1 saturated carbocycles. The van der Waals surface area contributed by atoms with E-state index < -0.39 is 0 Å². The Balaban J connectivity index is 1.93. The highest BCUT2D eigenvalue weighted by Gasteiger charge is 2.21. The Hall–Kier alpha value is -1.06. The second kappa shape index (κ2) is 5.52. The molecule has 1 fully saturated rings. The lowest BCUT2D eigenvalue weighted by Gasteiger charge is -2.29. The summed E-state index contributed by atoms with van der Waals surface area (Å²) < 4.78 is 0. The number of para-hydroxylation sites is 1. The quantitative estimate of drug-likeness (QED) is 0.753. The molecule has 3 nitrogen and oxygen atoms in total. The zero-order valence-electron chi connectivity index (χ0n) is 10.3. The van der Waals surface area contributed by atoms with E-state index in [1.54, 1.807) is 6.07 Å². The molecule has 0 bridgehead atoms. The maximum atomic E-state index is 9.77. The van der Waals surface area contributed by atoms with Gasteiger partial charge in [-0.1, -0.05) is 18.2 Å². The Bertz CT molecular complexity index is 359. The topological polar surface area (TPSA) is 52.5 Å². The molecule has 0 aliphatic heterocycles. The van der Waals surface area contributed by atoms with Gasteiger partial charge < -0.3 is 15.5 Å². The van der Waals surface area contributed by atoms with Gasteiger partial charge in [-0.25, -0.2) is 0 Å². The van der Waals surface area contributed by atoms with Crippen molar-refractivity contribution in [1.29, 1.82) is 0 Å². The average Bonchev–Trinajstić information content (AvgIpc) is 2.32. The Morgan fingerprint density at radius 3 is 2.47 bits per heavy atom. The number of aliphatic hydroxyl groups excluding tert-OH is 1. The molecule has 0 saturated heterocycles. The lowest BCUT2D eigenvalue weighted by Crippen LogP contribution is -2.36. The van der Waals surface area contributed by atoms with Crippen LogP contribution in [-0.4, -0.2) is 22.4 Å². The number of aromatic hydroxyl groups is 1. The number of phenolic OH excluding ortho intramolecular Hbond substituents is 1. The van der Waals surface area contributed by atoms with Crippen molar-refractivity contribution in [2.24, 2.45) is 0 Å². The standard InChI is InChI=1S/C14H21NO2/c1-10(13-4-2-3-5-14(13)17)15-11-6-8-12(16)9-7-11/h2-5,10-12,15-17H,6-9H2,1H3. The monoisotopic (exact) mass is 235 g/mol. The second-order valence-electron chi connectivity index (χ2n) is 4.95. The van der Waals surface area contributed by atoms with Gasteiger partial charge in [-0.15, -0.1) is 0 Å². The summed E-state index contributed by atoms with van der Waals surface area (Å²) in [5.41, 5.74) is 0.943. The van der Waals surface area contributed by atoms with Gasteiger partial charge in [0, 0.05) is 17.6 Å². The van der Waals surface area contributed by atoms with Crippen molar-refractivity contribution < 1.29 is 10.2 Å². The summed E-state index contributed by atoms with van der Waals surface area (Å²) in [5.74, 6) is 0.350. The van der Waals surface area contributed by atoms with Crippen LogP contribution in [0.25, 0.3) is 0 Å². The fraction of sp³-hybridized carbons (Fsp3) is 0.571. The molecule has 0 heterocycles. The summed E-state index contributed by atoms with van der Waals surface area (Å²) in [6, 6.07) is 8.05. The Labute approximate surface area is 102 Å². The van der Waals surface area contributed by atoms with E-state index >= 15 is 0 Å². The van der Waals surface area contributed by atoms with E-state index in [1.807, 2.05) is 18.2 Å². The summed E-state index contributed by atoms with van der Waals surface area (Å²) in [6.45, 7) is 2.07. The van der Waals surface area contributed by atoms with E-state index in [9.17, 15) is 10.2 Å². The van der Waals surface area contributed by atoms with Gasteiger partial charge in [0.25, 0.3) is 0 Å². The van der Waals surface area contributed by atoms with Crippen molar-refractivity contribution >= 4 is 0 Å². The van der Waals surface area contributed by atoms with Crippen LogP contribution >= 0.6 is 0 Å². The summed E-state index contributed by atoms with van der Waals surface area (Å²) in [6.07, 6.45) is 3.67. The van der Waals surface area contributed by atoms with Crippen molar-refractivity contribution in [3.8, 4) is 5.75 Å². The molecule has 1 aliphatic carbocycles. The zero-order valence-corrected chi connectivity index (χ0v) is 10.3. The van der Waals surface area contributed by atoms with Crippen LogP contribution in [0.2, 0.25) is 0 Å². The van der Waals surface area contributed by atoms with Crippen LogP contribution < -0.4 is 5.32 Å². The normalized spacial score (nSPS) is 26.7. The van der Waals surface area contributed by atoms with Crippen molar-refractivity contribution in [3.63, 3.8) is 0 Å². The van der Waals surface area contributed by atoms with Crippen LogP contribution in [-0.2, 0) is 0 Å². The number of hydrogen-bond acceptors (Lipinski definition) is 3. The molecule has 1 aromatic rings. The van der Waals surface area contributed by atoms with E-state index in [-0.39, 0.29) is 12.1 Å². The van der Waals surface area contributed by atoms with Crippen LogP contribution in [0.5, 0.6) is 5.75 Å². The molecule has 2 rings (SSSR count). The highest BCUT2D eigenvalue weighted by Crippen LogP contribution is 2.26. The average molecular weight is 235 g/mol. The molecule has 1 aliphatic rings. The second-order valence-corrected chi connectivity index (χ2v) is 4.95. The molecule has 1 unspecified atom stereocenters. The molecular formula is C14H21NO2. The van der Waals surface area contributed by atoms with Crippen molar-refractivity contribution in [3.05, 3.63) is 29.8 Å². The fourth-order valence-corrected chi connectivity index (χ4v) is 2.54. The lowest BCUT2D eigenvalue weighted by atomic mass is 9.92. The number of hydrogen-bond donors (Lipinski definition) is 3. The molecule has 0 radical (unpaired) electrons. The number of benzene rings is 1. The molecule has 0 aromatic heterocycles. The molecular weight excluding hydrogens is 214 g/mol. The van der Waals surface area contributed by atoms with Crippen LogP contribution in [0.4, 0.5) is 0 Å². The van der Waals surface area contributed by atoms with Gasteiger partial charge in [0.15, 0.2) is 0 Å².